The van der Waals surface area contributed by atoms with Crippen molar-refractivity contribution in [3.05, 3.63) is 47.7 Å². The lowest BCUT2D eigenvalue weighted by atomic mass is 9.80. The van der Waals surface area contributed by atoms with Gasteiger partial charge in [0.2, 0.25) is 0 Å². The molecule has 1 aliphatic carbocycles. The molecule has 0 aromatic carbocycles. The molecule has 1 aromatic heterocycles. The molecule has 1 atom stereocenters. The number of carbonyl (C=O) groups is 2. The summed E-state index contributed by atoms with van der Waals surface area (Å²) in [5.74, 6) is -1.46. The van der Waals surface area contributed by atoms with E-state index in [9.17, 15) is 22.8 Å². The number of carboxylic acid groups (broad SMARTS) is 2. The van der Waals surface area contributed by atoms with Gasteiger partial charge in [-0.1, -0.05) is 18.2 Å². The van der Waals surface area contributed by atoms with Crippen LogP contribution in [-0.4, -0.2) is 53.3 Å². The number of aliphatic carboxylic acids is 2. The summed E-state index contributed by atoms with van der Waals surface area (Å²) < 4.78 is 36.9. The molecule has 1 saturated heterocycles. The van der Waals surface area contributed by atoms with Crippen molar-refractivity contribution >= 4 is 17.8 Å². The predicted molar refractivity (Wildman–Crippen MR) is 99.5 cm³/mol. The minimum absolute atomic E-state index is 0.0359. The zero-order valence-corrected chi connectivity index (χ0v) is 15.7. The Bertz CT molecular complexity index is 800. The molecule has 0 radical (unpaired) electrons. The van der Waals surface area contributed by atoms with Crippen molar-refractivity contribution in [2.75, 3.05) is 31.1 Å². The van der Waals surface area contributed by atoms with Crippen molar-refractivity contribution in [3.8, 4) is 0 Å². The van der Waals surface area contributed by atoms with E-state index in [0.29, 0.717) is 5.82 Å². The van der Waals surface area contributed by atoms with Gasteiger partial charge in [-0.2, -0.15) is 13.2 Å². The fourth-order valence-corrected chi connectivity index (χ4v) is 2.82. The van der Waals surface area contributed by atoms with Gasteiger partial charge in [0.25, 0.3) is 0 Å². The number of carboxylic acids is 2. The molecule has 3 N–H and O–H groups in total. The lowest BCUT2D eigenvalue weighted by Gasteiger charge is -2.28. The van der Waals surface area contributed by atoms with Crippen LogP contribution in [0.5, 0.6) is 0 Å². The van der Waals surface area contributed by atoms with Crippen LogP contribution in [-0.2, 0) is 15.8 Å². The van der Waals surface area contributed by atoms with Gasteiger partial charge in [-0.25, -0.2) is 9.78 Å². The topological polar surface area (TPSA) is 103 Å². The molecule has 7 nitrogen and oxygen atoms in total. The summed E-state index contributed by atoms with van der Waals surface area (Å²) in [6.45, 7) is 4.73. The van der Waals surface area contributed by atoms with Gasteiger partial charge in [0, 0.05) is 37.9 Å². The van der Waals surface area contributed by atoms with Crippen LogP contribution >= 0.6 is 0 Å². The first kappa shape index (κ1) is 22.4. The number of hydrogen-bond donors (Lipinski definition) is 3. The molecule has 0 amide bonds. The van der Waals surface area contributed by atoms with Crippen LogP contribution in [0.25, 0.3) is 0 Å². The monoisotopic (exact) mass is 413 g/mol. The SMILES string of the molecule is C[C@]1(C(=O)O)C=CC=C(C(=O)O)C1.FC(F)(F)c1ccc(N2CCNCC2)nc1. The molecular weight excluding hydrogens is 391 g/mol. The highest BCUT2D eigenvalue weighted by molar-refractivity contribution is 5.90. The zero-order valence-electron chi connectivity index (χ0n) is 15.7. The van der Waals surface area contributed by atoms with Gasteiger partial charge in [0.15, 0.2) is 0 Å². The number of anilines is 1. The Hall–Kier alpha value is -2.88. The van der Waals surface area contributed by atoms with Crippen LogP contribution in [0.4, 0.5) is 19.0 Å². The van der Waals surface area contributed by atoms with Crippen molar-refractivity contribution in [2.24, 2.45) is 5.41 Å². The molecule has 3 rings (SSSR count). The Kier molecular flexibility index (Phi) is 7.02. The molecule has 2 aliphatic rings. The van der Waals surface area contributed by atoms with Crippen LogP contribution in [0, 0.1) is 5.41 Å². The molecule has 0 saturated carbocycles. The molecule has 158 valence electrons. The minimum Gasteiger partial charge on any atom is -0.481 e. The van der Waals surface area contributed by atoms with Crippen molar-refractivity contribution in [2.45, 2.75) is 19.5 Å². The van der Waals surface area contributed by atoms with Crippen LogP contribution in [0.2, 0.25) is 0 Å². The molecule has 10 heteroatoms. The highest BCUT2D eigenvalue weighted by Crippen LogP contribution is 2.31. The lowest BCUT2D eigenvalue weighted by molar-refractivity contribution is -0.145. The number of piperazine rings is 1. The van der Waals surface area contributed by atoms with Crippen LogP contribution in [0.3, 0.4) is 0 Å². The largest absolute Gasteiger partial charge is 0.481 e. The van der Waals surface area contributed by atoms with E-state index >= 15 is 0 Å². The van der Waals surface area contributed by atoms with Crippen LogP contribution < -0.4 is 10.2 Å². The van der Waals surface area contributed by atoms with Gasteiger partial charge in [-0.3, -0.25) is 4.79 Å². The summed E-state index contributed by atoms with van der Waals surface area (Å²) in [6, 6.07) is 2.50. The highest BCUT2D eigenvalue weighted by Gasteiger charge is 2.34. The summed E-state index contributed by atoms with van der Waals surface area (Å²) in [6.07, 6.45) is 1.01. The van der Waals surface area contributed by atoms with Crippen LogP contribution in [0.1, 0.15) is 18.9 Å². The summed E-state index contributed by atoms with van der Waals surface area (Å²) >= 11 is 0. The predicted octanol–water partition coefficient (Wildman–Crippen LogP) is 2.56. The number of rotatable bonds is 3. The third-order valence-corrected chi connectivity index (χ3v) is 4.60. The third kappa shape index (κ3) is 6.05. The maximum Gasteiger partial charge on any atom is 0.417 e. The summed E-state index contributed by atoms with van der Waals surface area (Å²) in [7, 11) is 0. The summed E-state index contributed by atoms with van der Waals surface area (Å²) in [4.78, 5) is 27.2. The van der Waals surface area contributed by atoms with Gasteiger partial charge < -0.3 is 20.4 Å². The Morgan fingerprint density at radius 3 is 2.34 bits per heavy atom. The number of halogens is 3. The van der Waals surface area contributed by atoms with E-state index in [1.807, 2.05) is 4.90 Å². The number of alkyl halides is 3. The lowest BCUT2D eigenvalue weighted by Crippen LogP contribution is -2.43. The second-order valence-corrected chi connectivity index (χ2v) is 6.90. The Morgan fingerprint density at radius 1 is 1.21 bits per heavy atom. The Morgan fingerprint density at radius 2 is 1.86 bits per heavy atom. The minimum atomic E-state index is -4.31. The molecule has 1 fully saturated rings. The highest BCUT2D eigenvalue weighted by atomic mass is 19.4. The second kappa shape index (κ2) is 9.08. The summed E-state index contributed by atoms with van der Waals surface area (Å²) in [5, 5.41) is 20.7. The molecular formula is C19H22F3N3O4. The first-order chi connectivity index (χ1) is 13.5. The van der Waals surface area contributed by atoms with Crippen LogP contribution in [0.15, 0.2) is 42.1 Å². The van der Waals surface area contributed by atoms with Crippen molar-refractivity contribution < 1.29 is 33.0 Å². The number of allylic oxidation sites excluding steroid dienone is 2. The number of hydrogen-bond acceptors (Lipinski definition) is 5. The van der Waals surface area contributed by atoms with E-state index < -0.39 is 29.1 Å². The average molecular weight is 413 g/mol. The van der Waals surface area contributed by atoms with Crippen molar-refractivity contribution in [1.29, 1.82) is 0 Å². The smallest absolute Gasteiger partial charge is 0.417 e. The zero-order chi connectivity index (χ0) is 21.7. The van der Waals surface area contributed by atoms with E-state index in [-0.39, 0.29) is 12.0 Å². The standard InChI is InChI=1S/C10H12F3N3.C9H10O4/c11-10(12,13)8-1-2-9(15-7-8)16-5-3-14-4-6-16;1-9(8(12)13)4-2-3-6(5-9)7(10)11/h1-2,7,14H,3-6H2;2-4H,5H2,1H3,(H,10,11)(H,12,13)/t;9-/m.0/s1. The van der Waals surface area contributed by atoms with Gasteiger partial charge in [0.05, 0.1) is 11.0 Å². The van der Waals surface area contributed by atoms with Crippen molar-refractivity contribution in [3.63, 3.8) is 0 Å². The Labute approximate surface area is 165 Å². The van der Waals surface area contributed by atoms with Gasteiger partial charge in [-0.15, -0.1) is 0 Å². The molecule has 0 spiro atoms. The van der Waals surface area contributed by atoms with Gasteiger partial charge in [0.1, 0.15) is 5.82 Å². The van der Waals surface area contributed by atoms with E-state index in [1.54, 1.807) is 0 Å². The molecule has 0 bridgehead atoms. The number of aromatic nitrogens is 1. The van der Waals surface area contributed by atoms with Gasteiger partial charge >= 0.3 is 18.1 Å². The third-order valence-electron chi connectivity index (χ3n) is 4.60. The molecule has 2 heterocycles. The first-order valence-corrected chi connectivity index (χ1v) is 8.87. The molecule has 0 unspecified atom stereocenters. The quantitative estimate of drug-likeness (QED) is 0.700. The molecule has 29 heavy (non-hydrogen) atoms. The number of pyridine rings is 1. The molecule has 1 aliphatic heterocycles. The Balaban J connectivity index is 0.000000212. The van der Waals surface area contributed by atoms with Crippen molar-refractivity contribution in [1.82, 2.24) is 10.3 Å². The number of nitrogens with zero attached hydrogens (tertiary/aromatic N) is 2. The normalized spacial score (nSPS) is 21.7. The van der Waals surface area contributed by atoms with E-state index in [2.05, 4.69) is 10.3 Å². The fourth-order valence-electron chi connectivity index (χ4n) is 2.82. The second-order valence-electron chi connectivity index (χ2n) is 6.90. The van der Waals surface area contributed by atoms with Gasteiger partial charge in [-0.05, 0) is 25.5 Å². The van der Waals surface area contributed by atoms with E-state index in [0.717, 1.165) is 38.4 Å². The average Bonchev–Trinajstić information content (AvgIpc) is 2.68. The van der Waals surface area contributed by atoms with E-state index in [4.69, 9.17) is 10.2 Å². The number of nitrogens with one attached hydrogen (secondary N) is 1. The molecule has 1 aromatic rings. The first-order valence-electron chi connectivity index (χ1n) is 8.87. The maximum absolute atomic E-state index is 12.3. The summed E-state index contributed by atoms with van der Waals surface area (Å²) in [5.41, 5.74) is -1.65. The fraction of sp³-hybridized carbons (Fsp3) is 0.421. The maximum atomic E-state index is 12.3. The van der Waals surface area contributed by atoms with E-state index in [1.165, 1.54) is 31.2 Å².